The standard InChI is InChI=1S/C23H26ClFO6/c1-3-29-19-9-16(25)5-4-13(19)6-14-7-17-15(8-18(14)24)11-30-23(17)12(2)21(27)22(28)20(10-26)31-23/h4-5,7-9,12,20-22,26-28H,3,6,10-11H2,1-2H3/t12-,20?,21-,22-,23-/m1/s1. The number of aliphatic hydroxyl groups excluding tert-OH is 3. The summed E-state index contributed by atoms with van der Waals surface area (Å²) in [7, 11) is 0. The molecular formula is C23H26ClFO6. The Labute approximate surface area is 185 Å². The average molecular weight is 453 g/mol. The Kier molecular flexibility index (Phi) is 6.27. The van der Waals surface area contributed by atoms with Crippen molar-refractivity contribution < 1.29 is 33.9 Å². The normalized spacial score (nSPS) is 29.9. The molecule has 0 amide bonds. The zero-order valence-corrected chi connectivity index (χ0v) is 18.1. The van der Waals surface area contributed by atoms with Gasteiger partial charge in [-0.15, -0.1) is 0 Å². The fraction of sp³-hybridized carbons (Fsp3) is 0.478. The second kappa shape index (κ2) is 8.65. The first-order valence-electron chi connectivity index (χ1n) is 10.3. The van der Waals surface area contributed by atoms with Gasteiger partial charge in [0.2, 0.25) is 5.79 Å². The fourth-order valence-electron chi connectivity index (χ4n) is 4.43. The van der Waals surface area contributed by atoms with Crippen LogP contribution in [0, 0.1) is 11.7 Å². The van der Waals surface area contributed by atoms with Crippen LogP contribution in [-0.2, 0) is 28.3 Å². The van der Waals surface area contributed by atoms with Crippen LogP contribution in [0.4, 0.5) is 4.39 Å². The van der Waals surface area contributed by atoms with E-state index in [0.717, 1.165) is 16.7 Å². The molecule has 8 heteroatoms. The van der Waals surface area contributed by atoms with Crippen molar-refractivity contribution in [1.29, 1.82) is 0 Å². The lowest BCUT2D eigenvalue weighted by Crippen LogP contribution is -2.59. The monoisotopic (exact) mass is 452 g/mol. The molecule has 168 valence electrons. The molecule has 3 N–H and O–H groups in total. The van der Waals surface area contributed by atoms with Gasteiger partial charge in [0.15, 0.2) is 0 Å². The van der Waals surface area contributed by atoms with E-state index in [-0.39, 0.29) is 12.4 Å². The van der Waals surface area contributed by atoms with Gasteiger partial charge in [-0.3, -0.25) is 0 Å². The van der Waals surface area contributed by atoms with Gasteiger partial charge in [-0.2, -0.15) is 0 Å². The molecule has 1 fully saturated rings. The van der Waals surface area contributed by atoms with Crippen LogP contribution in [0.5, 0.6) is 5.75 Å². The van der Waals surface area contributed by atoms with Crippen molar-refractivity contribution in [2.24, 2.45) is 5.92 Å². The summed E-state index contributed by atoms with van der Waals surface area (Å²) in [4.78, 5) is 0. The average Bonchev–Trinajstić information content (AvgIpc) is 3.09. The van der Waals surface area contributed by atoms with Crippen molar-refractivity contribution in [3.8, 4) is 5.75 Å². The number of ether oxygens (including phenoxy) is 3. The Hall–Kier alpha value is -1.74. The van der Waals surface area contributed by atoms with Crippen LogP contribution in [0.1, 0.15) is 36.1 Å². The fourth-order valence-corrected chi connectivity index (χ4v) is 4.69. The highest BCUT2D eigenvalue weighted by molar-refractivity contribution is 6.31. The van der Waals surface area contributed by atoms with E-state index in [1.807, 2.05) is 13.0 Å². The highest BCUT2D eigenvalue weighted by Crippen LogP contribution is 2.50. The first-order valence-corrected chi connectivity index (χ1v) is 10.7. The lowest BCUT2D eigenvalue weighted by atomic mass is 9.81. The molecule has 1 saturated heterocycles. The number of aliphatic hydroxyl groups is 3. The molecule has 0 aromatic heterocycles. The minimum Gasteiger partial charge on any atom is -0.493 e. The van der Waals surface area contributed by atoms with Gasteiger partial charge < -0.3 is 29.5 Å². The van der Waals surface area contributed by atoms with Gasteiger partial charge in [-0.05, 0) is 41.8 Å². The van der Waals surface area contributed by atoms with Gasteiger partial charge >= 0.3 is 0 Å². The summed E-state index contributed by atoms with van der Waals surface area (Å²) < 4.78 is 31.3. The molecule has 1 unspecified atom stereocenters. The molecule has 0 aliphatic carbocycles. The van der Waals surface area contributed by atoms with Crippen LogP contribution in [0.2, 0.25) is 5.02 Å². The van der Waals surface area contributed by atoms with Crippen molar-refractivity contribution in [3.63, 3.8) is 0 Å². The minimum absolute atomic E-state index is 0.224. The molecule has 1 spiro atoms. The Morgan fingerprint density at radius 2 is 1.97 bits per heavy atom. The molecule has 0 radical (unpaired) electrons. The third-order valence-corrected chi connectivity index (χ3v) is 6.50. The molecule has 31 heavy (non-hydrogen) atoms. The van der Waals surface area contributed by atoms with E-state index in [4.69, 9.17) is 25.8 Å². The smallest absolute Gasteiger partial charge is 0.201 e. The maximum absolute atomic E-state index is 13.7. The van der Waals surface area contributed by atoms with E-state index >= 15 is 0 Å². The van der Waals surface area contributed by atoms with Gasteiger partial charge in [-0.25, -0.2) is 4.39 Å². The second-order valence-corrected chi connectivity index (χ2v) is 8.43. The summed E-state index contributed by atoms with van der Waals surface area (Å²) in [5.41, 5.74) is 3.04. The van der Waals surface area contributed by atoms with Gasteiger partial charge in [0, 0.05) is 29.0 Å². The molecule has 5 atom stereocenters. The molecule has 2 aliphatic rings. The van der Waals surface area contributed by atoms with E-state index in [2.05, 4.69) is 0 Å². The Balaban J connectivity index is 1.74. The number of fused-ring (bicyclic) bond motifs is 2. The van der Waals surface area contributed by atoms with Gasteiger partial charge in [-0.1, -0.05) is 24.6 Å². The van der Waals surface area contributed by atoms with Crippen LogP contribution in [0.25, 0.3) is 0 Å². The first kappa shape index (κ1) is 22.5. The predicted molar refractivity (Wildman–Crippen MR) is 111 cm³/mol. The molecular weight excluding hydrogens is 427 g/mol. The minimum atomic E-state index is -1.31. The number of hydrogen-bond acceptors (Lipinski definition) is 6. The van der Waals surface area contributed by atoms with E-state index in [9.17, 15) is 19.7 Å². The topological polar surface area (TPSA) is 88.4 Å². The summed E-state index contributed by atoms with van der Waals surface area (Å²) >= 11 is 6.55. The van der Waals surface area contributed by atoms with Gasteiger partial charge in [0.1, 0.15) is 23.8 Å². The van der Waals surface area contributed by atoms with Crippen molar-refractivity contribution in [2.45, 2.75) is 51.0 Å². The molecule has 0 saturated carbocycles. The van der Waals surface area contributed by atoms with E-state index in [0.29, 0.717) is 29.4 Å². The quantitative estimate of drug-likeness (QED) is 0.646. The zero-order valence-electron chi connectivity index (χ0n) is 17.3. The van der Waals surface area contributed by atoms with Crippen LogP contribution in [-0.4, -0.2) is 46.8 Å². The third kappa shape index (κ3) is 3.84. The number of rotatable bonds is 5. The Morgan fingerprint density at radius 3 is 2.68 bits per heavy atom. The maximum atomic E-state index is 13.7. The van der Waals surface area contributed by atoms with Gasteiger partial charge in [0.05, 0.1) is 25.9 Å². The zero-order chi connectivity index (χ0) is 22.3. The number of halogens is 2. The highest BCUT2D eigenvalue weighted by atomic mass is 35.5. The molecule has 2 aromatic rings. The van der Waals surface area contributed by atoms with Gasteiger partial charge in [0.25, 0.3) is 0 Å². The van der Waals surface area contributed by atoms with Crippen LogP contribution in [0.15, 0.2) is 30.3 Å². The third-order valence-electron chi connectivity index (χ3n) is 6.15. The molecule has 2 aromatic carbocycles. The number of hydrogen-bond donors (Lipinski definition) is 3. The predicted octanol–water partition coefficient (Wildman–Crippen LogP) is 2.90. The SMILES string of the molecule is CCOc1cc(F)ccc1Cc1cc2c(cc1Cl)CO[C@]21OC(CO)[C@@H](O)[C@H](O)[C@H]1C. The Morgan fingerprint density at radius 1 is 1.19 bits per heavy atom. The van der Waals surface area contributed by atoms with Crippen molar-refractivity contribution in [2.75, 3.05) is 13.2 Å². The lowest BCUT2D eigenvalue weighted by Gasteiger charge is -2.47. The molecule has 6 nitrogen and oxygen atoms in total. The number of benzene rings is 2. The summed E-state index contributed by atoms with van der Waals surface area (Å²) in [6.07, 6.45) is -2.96. The van der Waals surface area contributed by atoms with Crippen LogP contribution in [0.3, 0.4) is 0 Å². The molecule has 4 rings (SSSR count). The largest absolute Gasteiger partial charge is 0.493 e. The molecule has 2 heterocycles. The summed E-state index contributed by atoms with van der Waals surface area (Å²) in [6, 6.07) is 8.05. The van der Waals surface area contributed by atoms with E-state index in [1.54, 1.807) is 19.1 Å². The van der Waals surface area contributed by atoms with E-state index in [1.165, 1.54) is 12.1 Å². The van der Waals surface area contributed by atoms with Crippen LogP contribution < -0.4 is 4.74 Å². The highest BCUT2D eigenvalue weighted by Gasteiger charge is 2.56. The maximum Gasteiger partial charge on any atom is 0.201 e. The van der Waals surface area contributed by atoms with Crippen molar-refractivity contribution in [1.82, 2.24) is 0 Å². The Bertz CT molecular complexity index is 967. The first-order chi connectivity index (χ1) is 14.8. The molecule has 2 aliphatic heterocycles. The summed E-state index contributed by atoms with van der Waals surface area (Å²) in [6.45, 7) is 3.73. The summed E-state index contributed by atoms with van der Waals surface area (Å²) in [5.74, 6) is -1.84. The van der Waals surface area contributed by atoms with E-state index < -0.39 is 36.6 Å². The summed E-state index contributed by atoms with van der Waals surface area (Å²) in [5, 5.41) is 31.0. The second-order valence-electron chi connectivity index (χ2n) is 8.03. The lowest BCUT2D eigenvalue weighted by molar-refractivity contribution is -0.352. The van der Waals surface area contributed by atoms with Crippen molar-refractivity contribution in [3.05, 3.63) is 63.4 Å². The molecule has 0 bridgehead atoms. The van der Waals surface area contributed by atoms with Crippen molar-refractivity contribution >= 4 is 11.6 Å². The van der Waals surface area contributed by atoms with Crippen LogP contribution >= 0.6 is 11.6 Å².